The highest BCUT2D eigenvalue weighted by Gasteiger charge is 2.35. The fourth-order valence-electron chi connectivity index (χ4n) is 4.27. The smallest absolute Gasteiger partial charge is 0.294 e. The van der Waals surface area contributed by atoms with Gasteiger partial charge in [0.2, 0.25) is 0 Å². The Hall–Kier alpha value is -4.34. The summed E-state index contributed by atoms with van der Waals surface area (Å²) in [6.45, 7) is 0. The van der Waals surface area contributed by atoms with Gasteiger partial charge >= 0.3 is 6.18 Å². The number of benzene rings is 2. The van der Waals surface area contributed by atoms with Crippen LogP contribution < -0.4 is 0 Å². The normalized spacial score (nSPS) is 12.6. The lowest BCUT2D eigenvalue weighted by Crippen LogP contribution is -2.15. The van der Waals surface area contributed by atoms with Crippen molar-refractivity contribution in [2.24, 2.45) is 4.99 Å². The predicted octanol–water partition coefficient (Wildman–Crippen LogP) is 6.11. The molecule has 37 heavy (non-hydrogen) atoms. The molecule has 4 aromatic rings. The second-order valence-corrected chi connectivity index (χ2v) is 8.35. The summed E-state index contributed by atoms with van der Waals surface area (Å²) in [6.07, 6.45) is -0.619. The van der Waals surface area contributed by atoms with Gasteiger partial charge in [-0.2, -0.15) is 13.2 Å². The molecule has 5 nitrogen and oxygen atoms in total. The number of Topliss-reactive ketones (excluding diaryl/α,β-unsaturated/α-hetero) is 1. The van der Waals surface area contributed by atoms with Crippen LogP contribution in [0.4, 0.5) is 27.6 Å². The van der Waals surface area contributed by atoms with Crippen LogP contribution in [-0.4, -0.2) is 26.9 Å². The molecule has 0 fully saturated rings. The Bertz CT molecular complexity index is 1550. The van der Waals surface area contributed by atoms with Gasteiger partial charge in [-0.05, 0) is 29.8 Å². The molecule has 1 aliphatic heterocycles. The van der Waals surface area contributed by atoms with Crippen LogP contribution in [0.2, 0.25) is 0 Å². The molecule has 0 aliphatic carbocycles. The summed E-state index contributed by atoms with van der Waals surface area (Å²) in [5, 5.41) is 0. The van der Waals surface area contributed by atoms with Crippen molar-refractivity contribution < 1.29 is 26.7 Å². The van der Waals surface area contributed by atoms with Crippen LogP contribution in [0.3, 0.4) is 0 Å². The molecular weight excluding hydrogens is 491 g/mol. The third kappa shape index (κ3) is 4.74. The van der Waals surface area contributed by atoms with Crippen molar-refractivity contribution in [2.75, 3.05) is 0 Å². The zero-order chi connectivity index (χ0) is 26.2. The Morgan fingerprint density at radius 3 is 2.57 bits per heavy atom. The molecule has 2 aromatic carbocycles. The first kappa shape index (κ1) is 24.4. The molecule has 5 rings (SSSR count). The van der Waals surface area contributed by atoms with E-state index in [1.54, 1.807) is 18.3 Å². The van der Waals surface area contributed by atoms with Gasteiger partial charge in [-0.1, -0.05) is 24.3 Å². The van der Waals surface area contributed by atoms with Crippen molar-refractivity contribution >= 4 is 17.7 Å². The third-order valence-corrected chi connectivity index (χ3v) is 6.04. The molecule has 0 bridgehead atoms. The molecule has 1 aliphatic rings. The molecule has 186 valence electrons. The number of hydrogen-bond donors (Lipinski definition) is 0. The number of nitrogens with zero attached hydrogens (tertiary/aromatic N) is 4. The fraction of sp³-hybridized carbons (Fsp3) is 0.148. The minimum Gasteiger partial charge on any atom is -0.294 e. The lowest BCUT2D eigenvalue weighted by Gasteiger charge is -2.14. The second-order valence-electron chi connectivity index (χ2n) is 8.35. The van der Waals surface area contributed by atoms with E-state index in [9.17, 15) is 22.4 Å². The number of hydrogen-bond acceptors (Lipinski definition) is 5. The molecule has 10 heteroatoms. The number of rotatable bonds is 6. The van der Waals surface area contributed by atoms with Crippen molar-refractivity contribution in [1.82, 2.24) is 15.0 Å². The lowest BCUT2D eigenvalue weighted by molar-refractivity contribution is -0.137. The summed E-state index contributed by atoms with van der Waals surface area (Å²) in [5.41, 5.74) is 0.307. The summed E-state index contributed by atoms with van der Waals surface area (Å²) in [7, 11) is 0. The van der Waals surface area contributed by atoms with Crippen molar-refractivity contribution in [1.29, 1.82) is 0 Å². The number of carbonyl (C=O) groups excluding carboxylic acids is 1. The van der Waals surface area contributed by atoms with Crippen LogP contribution in [0.1, 0.15) is 38.4 Å². The molecule has 0 N–H and O–H groups in total. The van der Waals surface area contributed by atoms with Crippen molar-refractivity contribution in [3.05, 3.63) is 106 Å². The second kappa shape index (κ2) is 9.61. The molecule has 0 spiro atoms. The van der Waals surface area contributed by atoms with Gasteiger partial charge in [0.25, 0.3) is 0 Å². The minimum absolute atomic E-state index is 0.219. The average Bonchev–Trinajstić information content (AvgIpc) is 3.37. The molecule has 0 radical (unpaired) electrons. The zero-order valence-corrected chi connectivity index (χ0v) is 19.1. The Balaban J connectivity index is 1.49. The molecule has 3 heterocycles. The van der Waals surface area contributed by atoms with Gasteiger partial charge in [-0.25, -0.2) is 18.7 Å². The van der Waals surface area contributed by atoms with Crippen LogP contribution in [0, 0.1) is 11.6 Å². The zero-order valence-electron chi connectivity index (χ0n) is 19.1. The summed E-state index contributed by atoms with van der Waals surface area (Å²) >= 11 is 0. The van der Waals surface area contributed by atoms with Crippen LogP contribution >= 0.6 is 0 Å². The first-order valence-electron chi connectivity index (χ1n) is 11.2. The number of fused-ring (bicyclic) bond motifs is 1. The Kier molecular flexibility index (Phi) is 6.32. The fourth-order valence-corrected chi connectivity index (χ4v) is 4.27. The van der Waals surface area contributed by atoms with Gasteiger partial charge in [0, 0.05) is 48.4 Å². The van der Waals surface area contributed by atoms with Gasteiger partial charge in [0.1, 0.15) is 29.3 Å². The van der Waals surface area contributed by atoms with Gasteiger partial charge in [0.05, 0.1) is 17.0 Å². The first-order valence-corrected chi connectivity index (χ1v) is 11.2. The number of aromatic nitrogens is 3. The van der Waals surface area contributed by atoms with E-state index in [1.165, 1.54) is 24.7 Å². The summed E-state index contributed by atoms with van der Waals surface area (Å²) in [4.78, 5) is 29.8. The SMILES string of the molecule is O=C(Cc1ccc(F)c(Cc2ncccc2-c2ncnc3c2N=CC3)c1F)c1ccccc1C(F)(F)F. The standard InChI is InChI=1S/C27H17F5N4O/c28-20-8-7-15(12-23(37)16-4-1-2-6-19(16)27(30,31)32)24(29)18(20)13-22-17(5-3-10-33-22)25-26-21(9-11-34-26)35-14-36-25/h1-8,10-11,14H,9,12-13H2. The van der Waals surface area contributed by atoms with E-state index in [0.29, 0.717) is 29.1 Å². The van der Waals surface area contributed by atoms with E-state index in [4.69, 9.17) is 0 Å². The van der Waals surface area contributed by atoms with Crippen LogP contribution in [-0.2, 0) is 25.4 Å². The maximum Gasteiger partial charge on any atom is 0.417 e. The Morgan fingerprint density at radius 1 is 0.946 bits per heavy atom. The summed E-state index contributed by atoms with van der Waals surface area (Å²) < 4.78 is 70.3. The molecule has 0 atom stereocenters. The van der Waals surface area contributed by atoms with Gasteiger partial charge < -0.3 is 0 Å². The average molecular weight is 508 g/mol. The Morgan fingerprint density at radius 2 is 1.76 bits per heavy atom. The number of carbonyl (C=O) groups is 1. The van der Waals surface area contributed by atoms with Crippen LogP contribution in [0.15, 0.2) is 66.0 Å². The number of ketones is 1. The van der Waals surface area contributed by atoms with Crippen molar-refractivity contribution in [3.63, 3.8) is 0 Å². The van der Waals surface area contributed by atoms with Crippen LogP contribution in [0.5, 0.6) is 0 Å². The molecule has 2 aromatic heterocycles. The maximum absolute atomic E-state index is 15.5. The van der Waals surface area contributed by atoms with Crippen LogP contribution in [0.25, 0.3) is 11.3 Å². The van der Waals surface area contributed by atoms with E-state index >= 15 is 4.39 Å². The number of halogens is 5. The minimum atomic E-state index is -4.75. The third-order valence-electron chi connectivity index (χ3n) is 6.04. The maximum atomic E-state index is 15.5. The lowest BCUT2D eigenvalue weighted by atomic mass is 9.95. The van der Waals surface area contributed by atoms with E-state index in [2.05, 4.69) is 19.9 Å². The summed E-state index contributed by atoms with van der Waals surface area (Å²) in [6, 6.07) is 9.71. The largest absolute Gasteiger partial charge is 0.417 e. The van der Waals surface area contributed by atoms with Crippen molar-refractivity contribution in [2.45, 2.75) is 25.4 Å². The van der Waals surface area contributed by atoms with E-state index in [-0.39, 0.29) is 17.5 Å². The quantitative estimate of drug-likeness (QED) is 0.233. The van der Waals surface area contributed by atoms with E-state index in [1.807, 2.05) is 0 Å². The van der Waals surface area contributed by atoms with E-state index in [0.717, 1.165) is 30.0 Å². The molecule has 0 unspecified atom stereocenters. The highest BCUT2D eigenvalue weighted by molar-refractivity contribution is 5.99. The van der Waals surface area contributed by atoms with Gasteiger partial charge in [-0.15, -0.1) is 0 Å². The monoisotopic (exact) mass is 508 g/mol. The number of aliphatic imine (C=N–C) groups is 1. The van der Waals surface area contributed by atoms with E-state index < -0.39 is 41.1 Å². The van der Waals surface area contributed by atoms with Crippen molar-refractivity contribution in [3.8, 4) is 11.3 Å². The highest BCUT2D eigenvalue weighted by Crippen LogP contribution is 2.36. The first-order chi connectivity index (χ1) is 17.7. The predicted molar refractivity (Wildman–Crippen MR) is 126 cm³/mol. The molecular formula is C27H17F5N4O. The number of alkyl halides is 3. The van der Waals surface area contributed by atoms with Gasteiger partial charge in [-0.3, -0.25) is 14.8 Å². The number of pyridine rings is 1. The Labute approximate surface area is 207 Å². The topological polar surface area (TPSA) is 68.1 Å². The molecule has 0 amide bonds. The highest BCUT2D eigenvalue weighted by atomic mass is 19.4. The van der Waals surface area contributed by atoms with Gasteiger partial charge in [0.15, 0.2) is 5.78 Å². The molecule has 0 saturated heterocycles. The molecule has 0 saturated carbocycles. The summed E-state index contributed by atoms with van der Waals surface area (Å²) in [5.74, 6) is -2.82.